The Kier molecular flexibility index (Phi) is 6.55. The van der Waals surface area contributed by atoms with Gasteiger partial charge in [0.25, 0.3) is 5.91 Å². The van der Waals surface area contributed by atoms with Crippen molar-refractivity contribution >= 4 is 40.8 Å². The minimum atomic E-state index is -2.96. The second kappa shape index (κ2) is 8.64. The first-order valence-corrected chi connectivity index (χ1v) is 7.57. The number of ether oxygens (including phenoxy) is 2. The number of nitrogens with one attached hydrogen (secondary N) is 1. The van der Waals surface area contributed by atoms with E-state index in [1.54, 1.807) is 6.07 Å². The van der Waals surface area contributed by atoms with Gasteiger partial charge in [0.2, 0.25) is 0 Å². The van der Waals surface area contributed by atoms with Crippen LogP contribution in [0.4, 0.5) is 14.5 Å². The fourth-order valence-electron chi connectivity index (χ4n) is 1.77. The van der Waals surface area contributed by atoms with E-state index in [9.17, 15) is 18.4 Å². The van der Waals surface area contributed by atoms with E-state index in [0.29, 0.717) is 5.02 Å². The van der Waals surface area contributed by atoms with Crippen LogP contribution in [0.15, 0.2) is 42.5 Å². The van der Waals surface area contributed by atoms with Crippen LogP contribution in [0, 0.1) is 0 Å². The number of carbonyl (C=O) groups is 2. The molecule has 25 heavy (non-hydrogen) atoms. The molecule has 0 bridgehead atoms. The van der Waals surface area contributed by atoms with Crippen LogP contribution < -0.4 is 10.1 Å². The summed E-state index contributed by atoms with van der Waals surface area (Å²) in [6, 6.07) is 9.38. The van der Waals surface area contributed by atoms with Crippen LogP contribution in [-0.2, 0) is 9.53 Å². The molecule has 5 nitrogen and oxygen atoms in total. The van der Waals surface area contributed by atoms with Crippen LogP contribution in [0.1, 0.15) is 10.4 Å². The van der Waals surface area contributed by atoms with Crippen LogP contribution in [0.25, 0.3) is 0 Å². The van der Waals surface area contributed by atoms with E-state index in [0.717, 1.165) is 0 Å². The van der Waals surface area contributed by atoms with E-state index >= 15 is 0 Å². The van der Waals surface area contributed by atoms with E-state index in [4.69, 9.17) is 27.9 Å². The molecule has 0 heterocycles. The van der Waals surface area contributed by atoms with Gasteiger partial charge in [-0.3, -0.25) is 4.79 Å². The number of esters is 1. The van der Waals surface area contributed by atoms with Crippen molar-refractivity contribution in [1.82, 2.24) is 0 Å². The normalized spacial score (nSPS) is 10.4. The van der Waals surface area contributed by atoms with Crippen molar-refractivity contribution in [2.24, 2.45) is 0 Å². The summed E-state index contributed by atoms with van der Waals surface area (Å²) >= 11 is 11.7. The molecule has 2 aromatic rings. The van der Waals surface area contributed by atoms with Crippen molar-refractivity contribution in [3.63, 3.8) is 0 Å². The lowest BCUT2D eigenvalue weighted by atomic mass is 10.2. The van der Waals surface area contributed by atoms with Gasteiger partial charge in [0, 0.05) is 5.02 Å². The van der Waals surface area contributed by atoms with Gasteiger partial charge < -0.3 is 14.8 Å². The average molecular weight is 390 g/mol. The third kappa shape index (κ3) is 5.88. The molecule has 1 amide bonds. The Morgan fingerprint density at radius 2 is 1.76 bits per heavy atom. The molecule has 0 saturated carbocycles. The molecule has 0 spiro atoms. The molecular formula is C16H11Cl2F2NO4. The zero-order valence-corrected chi connectivity index (χ0v) is 14.0. The summed E-state index contributed by atoms with van der Waals surface area (Å²) in [6.07, 6.45) is 0. The molecule has 0 fully saturated rings. The van der Waals surface area contributed by atoms with Gasteiger partial charge in [-0.1, -0.05) is 23.2 Å². The minimum absolute atomic E-state index is 0.0789. The van der Waals surface area contributed by atoms with Gasteiger partial charge in [-0.05, 0) is 42.5 Å². The molecule has 0 saturated heterocycles. The van der Waals surface area contributed by atoms with Gasteiger partial charge in [0.15, 0.2) is 6.61 Å². The summed E-state index contributed by atoms with van der Waals surface area (Å²) in [5.41, 5.74) is 0.360. The van der Waals surface area contributed by atoms with Crippen molar-refractivity contribution in [2.75, 3.05) is 11.9 Å². The quantitative estimate of drug-likeness (QED) is 0.744. The summed E-state index contributed by atoms with van der Waals surface area (Å²) in [5, 5.41) is 3.11. The topological polar surface area (TPSA) is 64.6 Å². The zero-order valence-electron chi connectivity index (χ0n) is 12.5. The van der Waals surface area contributed by atoms with Crippen LogP contribution in [-0.4, -0.2) is 25.1 Å². The summed E-state index contributed by atoms with van der Waals surface area (Å²) < 4.78 is 33.1. The van der Waals surface area contributed by atoms with E-state index in [1.165, 1.54) is 36.4 Å². The Morgan fingerprint density at radius 1 is 1.08 bits per heavy atom. The highest BCUT2D eigenvalue weighted by molar-refractivity contribution is 6.35. The minimum Gasteiger partial charge on any atom is -0.452 e. The molecule has 0 unspecified atom stereocenters. The second-order valence-corrected chi connectivity index (χ2v) is 5.49. The van der Waals surface area contributed by atoms with E-state index in [2.05, 4.69) is 10.1 Å². The second-order valence-electron chi connectivity index (χ2n) is 4.65. The van der Waals surface area contributed by atoms with Crippen LogP contribution in [0.3, 0.4) is 0 Å². The van der Waals surface area contributed by atoms with Gasteiger partial charge in [-0.25, -0.2) is 4.79 Å². The van der Waals surface area contributed by atoms with E-state index in [1.807, 2.05) is 0 Å². The third-order valence-electron chi connectivity index (χ3n) is 2.85. The summed E-state index contributed by atoms with van der Waals surface area (Å²) in [7, 11) is 0. The standard InChI is InChI=1S/C16H11Cl2F2NO4/c17-10-3-6-12(18)13(7-10)21-14(22)8-24-15(23)9-1-4-11(5-2-9)25-16(19)20/h1-7,16H,8H2,(H,21,22). The number of carbonyl (C=O) groups excluding carboxylic acids is 2. The monoisotopic (exact) mass is 389 g/mol. The lowest BCUT2D eigenvalue weighted by molar-refractivity contribution is -0.119. The molecule has 132 valence electrons. The average Bonchev–Trinajstić information content (AvgIpc) is 2.56. The van der Waals surface area contributed by atoms with Gasteiger partial charge in [0.1, 0.15) is 5.75 Å². The predicted molar refractivity (Wildman–Crippen MR) is 88.4 cm³/mol. The SMILES string of the molecule is O=C(COC(=O)c1ccc(OC(F)F)cc1)Nc1cc(Cl)ccc1Cl. The first-order valence-electron chi connectivity index (χ1n) is 6.82. The zero-order chi connectivity index (χ0) is 18.4. The molecule has 0 aliphatic carbocycles. The maximum Gasteiger partial charge on any atom is 0.387 e. The molecule has 2 aromatic carbocycles. The Balaban J connectivity index is 1.88. The number of anilines is 1. The molecule has 0 aromatic heterocycles. The molecule has 1 N–H and O–H groups in total. The Bertz CT molecular complexity index is 769. The number of alkyl halides is 2. The predicted octanol–water partition coefficient (Wildman–Crippen LogP) is 4.39. The summed E-state index contributed by atoms with van der Waals surface area (Å²) in [5.74, 6) is -1.51. The Labute approximate surface area is 151 Å². The highest BCUT2D eigenvalue weighted by Gasteiger charge is 2.12. The maximum atomic E-state index is 12.0. The van der Waals surface area contributed by atoms with Crippen LogP contribution in [0.5, 0.6) is 5.75 Å². The van der Waals surface area contributed by atoms with Crippen LogP contribution >= 0.6 is 23.2 Å². The molecular weight excluding hydrogens is 379 g/mol. The molecule has 0 atom stereocenters. The van der Waals surface area contributed by atoms with Crippen molar-refractivity contribution in [3.8, 4) is 5.75 Å². The maximum absolute atomic E-state index is 12.0. The molecule has 2 rings (SSSR count). The Hall–Kier alpha value is -2.38. The Morgan fingerprint density at radius 3 is 2.40 bits per heavy atom. The molecule has 0 aliphatic rings. The highest BCUT2D eigenvalue weighted by atomic mass is 35.5. The van der Waals surface area contributed by atoms with E-state index in [-0.39, 0.29) is 22.0 Å². The molecule has 9 heteroatoms. The summed E-state index contributed by atoms with van der Waals surface area (Å²) in [6.45, 7) is -3.52. The smallest absolute Gasteiger partial charge is 0.387 e. The van der Waals surface area contributed by atoms with Crippen molar-refractivity contribution in [1.29, 1.82) is 0 Å². The van der Waals surface area contributed by atoms with Crippen LogP contribution in [0.2, 0.25) is 10.0 Å². The van der Waals surface area contributed by atoms with Gasteiger partial charge in [-0.2, -0.15) is 8.78 Å². The van der Waals surface area contributed by atoms with Crippen molar-refractivity contribution in [3.05, 3.63) is 58.1 Å². The lowest BCUT2D eigenvalue weighted by Gasteiger charge is -2.09. The lowest BCUT2D eigenvalue weighted by Crippen LogP contribution is -2.21. The van der Waals surface area contributed by atoms with Gasteiger partial charge >= 0.3 is 12.6 Å². The number of halogens is 4. The van der Waals surface area contributed by atoms with Gasteiger partial charge in [0.05, 0.1) is 16.3 Å². The number of benzene rings is 2. The molecule has 0 radical (unpaired) electrons. The third-order valence-corrected chi connectivity index (χ3v) is 3.42. The van der Waals surface area contributed by atoms with Crippen molar-refractivity contribution in [2.45, 2.75) is 6.61 Å². The number of hydrogen-bond donors (Lipinski definition) is 1. The number of rotatable bonds is 6. The molecule has 0 aliphatic heterocycles. The first-order chi connectivity index (χ1) is 11.8. The van der Waals surface area contributed by atoms with Crippen molar-refractivity contribution < 1.29 is 27.8 Å². The largest absolute Gasteiger partial charge is 0.452 e. The van der Waals surface area contributed by atoms with Gasteiger partial charge in [-0.15, -0.1) is 0 Å². The first kappa shape index (κ1) is 19.0. The fraction of sp³-hybridized carbons (Fsp3) is 0.125. The number of amides is 1. The fourth-order valence-corrected chi connectivity index (χ4v) is 2.10. The summed E-state index contributed by atoms with van der Waals surface area (Å²) in [4.78, 5) is 23.6. The number of hydrogen-bond acceptors (Lipinski definition) is 4. The van der Waals surface area contributed by atoms with E-state index < -0.39 is 25.1 Å². The highest BCUT2D eigenvalue weighted by Crippen LogP contribution is 2.25.